The molecule has 19 nitrogen and oxygen atoms in total. The average molecular weight is 701 g/mol. The third-order valence-electron chi connectivity index (χ3n) is 7.72. The van der Waals surface area contributed by atoms with E-state index in [1.165, 1.54) is 0 Å². The molecule has 2 aromatic rings. The van der Waals surface area contributed by atoms with E-state index in [4.69, 9.17) is 20.6 Å². The van der Waals surface area contributed by atoms with Crippen LogP contribution in [0.4, 0.5) is 9.59 Å². The molecule has 270 valence electrons. The Balaban J connectivity index is 1.17. The van der Waals surface area contributed by atoms with E-state index < -0.39 is 84.1 Å². The zero-order valence-electron chi connectivity index (χ0n) is 27.0. The van der Waals surface area contributed by atoms with Gasteiger partial charge in [-0.1, -0.05) is 30.3 Å². The average Bonchev–Trinajstić information content (AvgIpc) is 3.77. The van der Waals surface area contributed by atoms with Crippen molar-refractivity contribution in [1.29, 1.82) is 0 Å². The van der Waals surface area contributed by atoms with Crippen molar-refractivity contribution in [2.75, 3.05) is 26.2 Å². The number of benzene rings is 1. The summed E-state index contributed by atoms with van der Waals surface area (Å²) in [6.07, 6.45) is -0.954. The second kappa shape index (κ2) is 17.4. The van der Waals surface area contributed by atoms with Crippen LogP contribution in [0.3, 0.4) is 0 Å². The van der Waals surface area contributed by atoms with Crippen molar-refractivity contribution >= 4 is 24.0 Å². The molecule has 0 bridgehead atoms. The van der Waals surface area contributed by atoms with E-state index in [-0.39, 0.29) is 39.0 Å². The molecule has 19 heteroatoms. The maximum Gasteiger partial charge on any atom is 0.408 e. The number of aliphatic hydroxyl groups is 2. The minimum atomic E-state index is -1.52. The minimum absolute atomic E-state index is 0.0594. The molecule has 0 saturated carbocycles. The number of aliphatic hydroxyl groups excluding tert-OH is 2. The van der Waals surface area contributed by atoms with Gasteiger partial charge in [0, 0.05) is 25.2 Å². The molecule has 4 amide bonds. The van der Waals surface area contributed by atoms with Gasteiger partial charge in [-0.15, -0.1) is 12.3 Å². The summed E-state index contributed by atoms with van der Waals surface area (Å²) in [4.78, 5) is 75.2. The van der Waals surface area contributed by atoms with Gasteiger partial charge < -0.3 is 45.7 Å². The Bertz CT molecular complexity index is 1660. The molecule has 50 heavy (non-hydrogen) atoms. The number of hydrogen-bond acceptors (Lipinski definition) is 13. The number of amides is 4. The van der Waals surface area contributed by atoms with Crippen molar-refractivity contribution in [2.24, 2.45) is 0 Å². The van der Waals surface area contributed by atoms with Crippen molar-refractivity contribution in [1.82, 2.24) is 41.7 Å². The van der Waals surface area contributed by atoms with Gasteiger partial charge >= 0.3 is 17.9 Å². The molecule has 4 rings (SSSR count). The van der Waals surface area contributed by atoms with Crippen LogP contribution in [0.1, 0.15) is 44.1 Å². The van der Waals surface area contributed by atoms with E-state index >= 15 is 0 Å². The smallest absolute Gasteiger partial charge is 0.408 e. The van der Waals surface area contributed by atoms with Gasteiger partial charge in [-0.05, 0) is 25.3 Å². The summed E-state index contributed by atoms with van der Waals surface area (Å²) >= 11 is 0. The van der Waals surface area contributed by atoms with Crippen LogP contribution in [0.25, 0.3) is 0 Å². The number of terminal acetylenes is 1. The Morgan fingerprint density at radius 1 is 1.06 bits per heavy atom. The molecule has 0 radical (unpaired) electrons. The third-order valence-corrected chi connectivity index (χ3v) is 7.72. The number of carbonyl (C=O) groups is 4. The van der Waals surface area contributed by atoms with Crippen LogP contribution in [0.2, 0.25) is 0 Å². The standard InChI is InChI=1S/C31H40N8O11/c1-3-8-19(26(44)34-17-31(2)37-38-31)35-30(47)50-20(18-9-5-4-6-10-18)11-7-14-48-29(46)33-16-23(41)32-15-21-24(42)25(43)27(49-21)39-13-12-22(40)36-28(39)45/h1,4-6,9-10,12-13,19-21,24-25,27,37-38,42-43H,7-8,11,14-17H2,2H3,(H,32,41)(H,33,46)(H,34,44)(H,35,47)(H,36,40,45). The molecule has 2 aliphatic rings. The zero-order chi connectivity index (χ0) is 36.3. The van der Waals surface area contributed by atoms with Gasteiger partial charge in [0.15, 0.2) is 6.23 Å². The van der Waals surface area contributed by atoms with Crippen molar-refractivity contribution in [3.05, 3.63) is 69.0 Å². The van der Waals surface area contributed by atoms with Crippen LogP contribution in [0.5, 0.6) is 0 Å². The highest BCUT2D eigenvalue weighted by atomic mass is 16.6. The van der Waals surface area contributed by atoms with Crippen molar-refractivity contribution in [3.8, 4) is 12.3 Å². The van der Waals surface area contributed by atoms with Crippen LogP contribution in [-0.4, -0.2) is 100 Å². The van der Waals surface area contributed by atoms with E-state index in [2.05, 4.69) is 38.0 Å². The monoisotopic (exact) mass is 700 g/mol. The van der Waals surface area contributed by atoms with Crippen molar-refractivity contribution < 1.29 is 43.6 Å². The van der Waals surface area contributed by atoms with Crippen molar-refractivity contribution in [2.45, 2.75) is 68.5 Å². The number of hydrazine groups is 1. The molecule has 6 atom stereocenters. The largest absolute Gasteiger partial charge is 0.450 e. The van der Waals surface area contributed by atoms with Crippen molar-refractivity contribution in [3.63, 3.8) is 0 Å². The van der Waals surface area contributed by atoms with Gasteiger partial charge in [0.05, 0.1) is 19.7 Å². The Hall–Kier alpha value is -5.26. The minimum Gasteiger partial charge on any atom is -0.450 e. The lowest BCUT2D eigenvalue weighted by Crippen LogP contribution is -2.49. The lowest BCUT2D eigenvalue weighted by Gasteiger charge is -2.21. The summed E-state index contributed by atoms with van der Waals surface area (Å²) in [5, 5.41) is 30.6. The van der Waals surface area contributed by atoms with E-state index in [1.807, 2.05) is 11.9 Å². The number of rotatable bonds is 16. The number of alkyl carbamates (subject to hydrolysis) is 2. The Morgan fingerprint density at radius 2 is 1.80 bits per heavy atom. The predicted molar refractivity (Wildman–Crippen MR) is 173 cm³/mol. The zero-order valence-corrected chi connectivity index (χ0v) is 27.0. The first kappa shape index (κ1) is 37.6. The topological polar surface area (TPSA) is 283 Å². The number of H-pyrrole nitrogens is 1. The number of nitrogens with one attached hydrogen (secondary N) is 7. The van der Waals surface area contributed by atoms with Gasteiger partial charge in [-0.3, -0.25) is 23.9 Å². The quantitative estimate of drug-likeness (QED) is 0.0501. The highest BCUT2D eigenvalue weighted by Gasteiger charge is 2.44. The molecule has 0 spiro atoms. The summed E-state index contributed by atoms with van der Waals surface area (Å²) < 4.78 is 17.2. The highest BCUT2D eigenvalue weighted by Crippen LogP contribution is 2.28. The van der Waals surface area contributed by atoms with E-state index in [0.29, 0.717) is 5.56 Å². The first-order chi connectivity index (χ1) is 23.9. The fourth-order valence-electron chi connectivity index (χ4n) is 4.85. The van der Waals surface area contributed by atoms with E-state index in [0.717, 1.165) is 16.8 Å². The Morgan fingerprint density at radius 3 is 2.48 bits per heavy atom. The number of aromatic nitrogens is 2. The molecule has 3 heterocycles. The Labute approximate surface area is 285 Å². The number of ether oxygens (including phenoxy) is 3. The van der Waals surface area contributed by atoms with Gasteiger partial charge in [0.2, 0.25) is 11.8 Å². The molecule has 9 N–H and O–H groups in total. The van der Waals surface area contributed by atoms with Crippen LogP contribution in [0.15, 0.2) is 52.2 Å². The van der Waals surface area contributed by atoms with E-state index in [1.54, 1.807) is 30.3 Å². The van der Waals surface area contributed by atoms with E-state index in [9.17, 15) is 39.0 Å². The number of nitrogens with zero attached hydrogens (tertiary/aromatic N) is 1. The summed E-state index contributed by atoms with van der Waals surface area (Å²) in [6, 6.07) is 8.86. The molecular weight excluding hydrogens is 660 g/mol. The van der Waals surface area contributed by atoms with Crippen LogP contribution in [-0.2, 0) is 23.8 Å². The third kappa shape index (κ3) is 10.9. The fraction of sp³-hybridized carbons (Fsp3) is 0.484. The van der Waals surface area contributed by atoms with Crippen LogP contribution in [0, 0.1) is 12.3 Å². The maximum atomic E-state index is 12.8. The first-order valence-corrected chi connectivity index (χ1v) is 15.7. The molecular formula is C31H40N8O11. The maximum absolute atomic E-state index is 12.8. The summed E-state index contributed by atoms with van der Waals surface area (Å²) in [7, 11) is 0. The summed E-state index contributed by atoms with van der Waals surface area (Å²) in [6.45, 7) is 1.27. The molecule has 2 fully saturated rings. The summed E-state index contributed by atoms with van der Waals surface area (Å²) in [5.74, 6) is 1.24. The van der Waals surface area contributed by atoms with Gasteiger partial charge in [-0.2, -0.15) is 0 Å². The second-order valence-corrected chi connectivity index (χ2v) is 11.7. The lowest BCUT2D eigenvalue weighted by molar-refractivity contribution is -0.123. The molecule has 6 unspecified atom stereocenters. The highest BCUT2D eigenvalue weighted by molar-refractivity contribution is 5.86. The first-order valence-electron chi connectivity index (χ1n) is 15.7. The van der Waals surface area contributed by atoms with Gasteiger partial charge in [-0.25, -0.2) is 25.2 Å². The van der Waals surface area contributed by atoms with Crippen LogP contribution < -0.4 is 43.4 Å². The fourth-order valence-corrected chi connectivity index (χ4v) is 4.85. The van der Waals surface area contributed by atoms with Gasteiger partial charge in [0.25, 0.3) is 5.56 Å². The molecule has 2 aliphatic heterocycles. The number of aromatic amines is 1. The Kier molecular flexibility index (Phi) is 13.1. The molecule has 1 aromatic heterocycles. The van der Waals surface area contributed by atoms with Crippen LogP contribution >= 0.6 is 0 Å². The lowest BCUT2D eigenvalue weighted by atomic mass is 10.1. The molecule has 0 aliphatic carbocycles. The van der Waals surface area contributed by atoms with Gasteiger partial charge in [0.1, 0.15) is 36.1 Å². The number of carbonyl (C=O) groups excluding carboxylic acids is 4. The summed E-state index contributed by atoms with van der Waals surface area (Å²) in [5.41, 5.74) is 4.51. The normalized spacial score (nSPS) is 21.5. The molecule has 2 saturated heterocycles. The number of hydrogen-bond donors (Lipinski definition) is 9. The second-order valence-electron chi connectivity index (χ2n) is 11.7. The molecule has 1 aromatic carbocycles. The predicted octanol–water partition coefficient (Wildman–Crippen LogP) is -2.42. The SMILES string of the molecule is C#CCC(NC(=O)OC(CCCOC(=O)NCC(=O)NCC1OC(n2ccc(=O)[nH]c2=O)C(O)C1O)c1ccccc1)C(=O)NCC1(C)NN1.